The summed E-state index contributed by atoms with van der Waals surface area (Å²) in [5.74, 6) is 2.81. The van der Waals surface area contributed by atoms with Crippen LogP contribution in [0, 0.1) is 6.92 Å². The molecule has 146 valence electrons. The molecule has 0 radical (unpaired) electrons. The van der Waals surface area contributed by atoms with Gasteiger partial charge in [-0.25, -0.2) is 9.97 Å². The molecule has 1 fully saturated rings. The van der Waals surface area contributed by atoms with E-state index in [0.29, 0.717) is 42.7 Å². The average molecular weight is 381 g/mol. The molecule has 4 rings (SSSR count). The second-order valence-electron chi connectivity index (χ2n) is 6.81. The van der Waals surface area contributed by atoms with Gasteiger partial charge in [0.25, 0.3) is 0 Å². The highest BCUT2D eigenvalue weighted by Crippen LogP contribution is 2.28. The molecule has 8 nitrogen and oxygen atoms in total. The molecule has 1 aliphatic rings. The molecular weight excluding hydrogens is 358 g/mol. The average Bonchev–Trinajstić information content (AvgIpc) is 3.15. The van der Waals surface area contributed by atoms with Gasteiger partial charge in [-0.3, -0.25) is 0 Å². The molecule has 0 saturated carbocycles. The normalized spacial score (nSPS) is 17.1. The van der Waals surface area contributed by atoms with E-state index in [1.807, 2.05) is 32.0 Å². The van der Waals surface area contributed by atoms with Gasteiger partial charge < -0.3 is 19.3 Å². The van der Waals surface area contributed by atoms with Crippen LogP contribution in [0.4, 0.5) is 5.82 Å². The van der Waals surface area contributed by atoms with Crippen molar-refractivity contribution in [3.05, 3.63) is 47.7 Å². The van der Waals surface area contributed by atoms with E-state index in [9.17, 15) is 5.11 Å². The number of nitrogens with zero attached hydrogens (tertiary/aromatic N) is 5. The van der Waals surface area contributed by atoms with Crippen molar-refractivity contribution >= 4 is 5.82 Å². The zero-order chi connectivity index (χ0) is 19.5. The highest BCUT2D eigenvalue weighted by atomic mass is 16.5. The molecule has 3 aromatic rings. The number of aromatic hydroxyl groups is 1. The lowest BCUT2D eigenvalue weighted by Gasteiger charge is -2.33. The molecule has 8 heteroatoms. The van der Waals surface area contributed by atoms with Gasteiger partial charge in [-0.15, -0.1) is 0 Å². The van der Waals surface area contributed by atoms with Crippen molar-refractivity contribution in [2.75, 3.05) is 24.6 Å². The van der Waals surface area contributed by atoms with E-state index in [1.54, 1.807) is 12.1 Å². The standard InChI is InChI=1S/C20H23N5O3/c1-3-19-22-17(24-28-19)11-14-12-25(8-9-27-14)18-10-13(2)21-20(23-18)15-6-4-5-7-16(15)26/h4-7,10,14,26H,3,8-9,11-12H2,1-2H3/t14-/m0/s1. The lowest BCUT2D eigenvalue weighted by atomic mass is 10.1. The number of aryl methyl sites for hydroxylation is 2. The Balaban J connectivity index is 1.54. The van der Waals surface area contributed by atoms with Gasteiger partial charge in [0.2, 0.25) is 5.89 Å². The van der Waals surface area contributed by atoms with Gasteiger partial charge >= 0.3 is 0 Å². The Kier molecular flexibility index (Phi) is 5.21. The number of phenolic OH excluding ortho intramolecular Hbond substituents is 1. The third-order valence-corrected chi connectivity index (χ3v) is 4.67. The van der Waals surface area contributed by atoms with E-state index in [1.165, 1.54) is 0 Å². The van der Waals surface area contributed by atoms with Gasteiger partial charge in [-0.1, -0.05) is 24.2 Å². The summed E-state index contributed by atoms with van der Waals surface area (Å²) in [6, 6.07) is 9.05. The number of para-hydroxylation sites is 1. The minimum Gasteiger partial charge on any atom is -0.507 e. The number of benzene rings is 1. The Bertz CT molecular complexity index is 959. The first-order valence-electron chi connectivity index (χ1n) is 9.44. The molecule has 1 atom stereocenters. The molecule has 0 aliphatic carbocycles. The smallest absolute Gasteiger partial charge is 0.226 e. The van der Waals surface area contributed by atoms with Crippen LogP contribution < -0.4 is 4.90 Å². The van der Waals surface area contributed by atoms with Gasteiger partial charge in [0.05, 0.1) is 18.3 Å². The Morgan fingerprint density at radius 3 is 2.86 bits per heavy atom. The quantitative estimate of drug-likeness (QED) is 0.720. The summed E-state index contributed by atoms with van der Waals surface area (Å²) in [6.07, 6.45) is 1.27. The summed E-state index contributed by atoms with van der Waals surface area (Å²) in [4.78, 5) is 15.7. The zero-order valence-corrected chi connectivity index (χ0v) is 16.0. The van der Waals surface area contributed by atoms with Gasteiger partial charge in [0.15, 0.2) is 11.6 Å². The molecule has 1 N–H and O–H groups in total. The van der Waals surface area contributed by atoms with Crippen LogP contribution in [0.5, 0.6) is 5.75 Å². The van der Waals surface area contributed by atoms with Gasteiger partial charge in [-0.2, -0.15) is 4.98 Å². The number of hydrogen-bond donors (Lipinski definition) is 1. The molecule has 1 aliphatic heterocycles. The summed E-state index contributed by atoms with van der Waals surface area (Å²) in [7, 11) is 0. The fraction of sp³-hybridized carbons (Fsp3) is 0.400. The first-order chi connectivity index (χ1) is 13.6. The summed E-state index contributed by atoms with van der Waals surface area (Å²) >= 11 is 0. The molecule has 2 aromatic heterocycles. The lowest BCUT2D eigenvalue weighted by molar-refractivity contribution is 0.0392. The predicted octanol–water partition coefficient (Wildman–Crippen LogP) is 2.55. The molecule has 0 spiro atoms. The molecule has 3 heterocycles. The molecular formula is C20H23N5O3. The highest BCUT2D eigenvalue weighted by molar-refractivity contribution is 5.65. The SMILES string of the molecule is CCc1nc(C[C@H]2CN(c3cc(C)nc(-c4ccccc4O)n3)CCO2)no1. The lowest BCUT2D eigenvalue weighted by Crippen LogP contribution is -2.44. The number of hydrogen-bond acceptors (Lipinski definition) is 8. The van der Waals surface area contributed by atoms with Crippen LogP contribution in [-0.2, 0) is 17.6 Å². The number of rotatable bonds is 5. The number of phenols is 1. The molecule has 1 saturated heterocycles. The number of morpholine rings is 1. The minimum atomic E-state index is -0.0418. The molecule has 1 aromatic carbocycles. The predicted molar refractivity (Wildman–Crippen MR) is 103 cm³/mol. The van der Waals surface area contributed by atoms with Crippen LogP contribution in [0.25, 0.3) is 11.4 Å². The van der Waals surface area contributed by atoms with Crippen molar-refractivity contribution in [1.29, 1.82) is 0 Å². The van der Waals surface area contributed by atoms with Gasteiger partial charge in [-0.05, 0) is 19.1 Å². The molecule has 0 amide bonds. The van der Waals surface area contributed by atoms with Crippen molar-refractivity contribution in [2.45, 2.75) is 32.8 Å². The van der Waals surface area contributed by atoms with Crippen molar-refractivity contribution in [3.63, 3.8) is 0 Å². The van der Waals surface area contributed by atoms with E-state index in [0.717, 1.165) is 24.5 Å². The van der Waals surface area contributed by atoms with Crippen LogP contribution in [-0.4, -0.2) is 51.0 Å². The second kappa shape index (κ2) is 7.93. The largest absolute Gasteiger partial charge is 0.507 e. The number of aromatic nitrogens is 4. The fourth-order valence-electron chi connectivity index (χ4n) is 3.27. The Hall–Kier alpha value is -3.00. The monoisotopic (exact) mass is 381 g/mol. The fourth-order valence-corrected chi connectivity index (χ4v) is 3.27. The van der Waals surface area contributed by atoms with Crippen molar-refractivity contribution in [2.24, 2.45) is 0 Å². The Morgan fingerprint density at radius 1 is 1.21 bits per heavy atom. The summed E-state index contributed by atoms with van der Waals surface area (Å²) in [6.45, 7) is 5.91. The number of ether oxygens (including phenoxy) is 1. The first-order valence-corrected chi connectivity index (χ1v) is 9.44. The Labute approximate surface area is 163 Å². The molecule has 0 bridgehead atoms. The van der Waals surface area contributed by atoms with Crippen LogP contribution in [0.2, 0.25) is 0 Å². The Morgan fingerprint density at radius 2 is 2.07 bits per heavy atom. The molecule has 0 unspecified atom stereocenters. The van der Waals surface area contributed by atoms with Crippen LogP contribution >= 0.6 is 0 Å². The van der Waals surface area contributed by atoms with E-state index in [-0.39, 0.29) is 11.9 Å². The van der Waals surface area contributed by atoms with Crippen molar-refractivity contribution in [1.82, 2.24) is 20.1 Å². The number of anilines is 1. The maximum atomic E-state index is 10.1. The van der Waals surface area contributed by atoms with Crippen LogP contribution in [0.3, 0.4) is 0 Å². The third kappa shape index (κ3) is 3.96. The second-order valence-corrected chi connectivity index (χ2v) is 6.81. The zero-order valence-electron chi connectivity index (χ0n) is 16.0. The summed E-state index contributed by atoms with van der Waals surface area (Å²) in [5.41, 5.74) is 1.47. The van der Waals surface area contributed by atoms with E-state index in [2.05, 4.69) is 20.0 Å². The van der Waals surface area contributed by atoms with E-state index >= 15 is 0 Å². The molecule has 28 heavy (non-hydrogen) atoms. The van der Waals surface area contributed by atoms with Gasteiger partial charge in [0.1, 0.15) is 11.6 Å². The summed E-state index contributed by atoms with van der Waals surface area (Å²) < 4.78 is 11.1. The van der Waals surface area contributed by atoms with E-state index in [4.69, 9.17) is 14.2 Å². The van der Waals surface area contributed by atoms with E-state index < -0.39 is 0 Å². The highest BCUT2D eigenvalue weighted by Gasteiger charge is 2.24. The first kappa shape index (κ1) is 18.4. The van der Waals surface area contributed by atoms with Crippen LogP contribution in [0.1, 0.15) is 24.3 Å². The minimum absolute atomic E-state index is 0.0418. The topological polar surface area (TPSA) is 97.4 Å². The summed E-state index contributed by atoms with van der Waals surface area (Å²) in [5, 5.41) is 14.2. The maximum absolute atomic E-state index is 10.1. The van der Waals surface area contributed by atoms with Crippen molar-refractivity contribution in [3.8, 4) is 17.1 Å². The maximum Gasteiger partial charge on any atom is 0.226 e. The third-order valence-electron chi connectivity index (χ3n) is 4.67. The van der Waals surface area contributed by atoms with Crippen LogP contribution in [0.15, 0.2) is 34.9 Å². The van der Waals surface area contributed by atoms with Crippen molar-refractivity contribution < 1.29 is 14.4 Å². The van der Waals surface area contributed by atoms with Gasteiger partial charge in [0, 0.05) is 37.7 Å².